The van der Waals surface area contributed by atoms with Crippen LogP contribution in [0.2, 0.25) is 0 Å². The zero-order chi connectivity index (χ0) is 26.2. The second kappa shape index (κ2) is 12.1. The van der Waals surface area contributed by atoms with Crippen molar-refractivity contribution in [2.24, 2.45) is 0 Å². The number of unbranched alkanes of at least 4 members (excludes halogenated alkanes) is 1. The number of hydrogen-bond donors (Lipinski definition) is 2. The van der Waals surface area contributed by atoms with Gasteiger partial charge in [-0.15, -0.1) is 0 Å². The van der Waals surface area contributed by atoms with Crippen molar-refractivity contribution in [2.45, 2.75) is 39.5 Å². The number of Topliss-reactive ketones (excluding diaryl/α,β-unsaturated/α-hetero) is 1. The number of benzene rings is 2. The van der Waals surface area contributed by atoms with Crippen LogP contribution in [-0.2, 0) is 17.6 Å². The van der Waals surface area contributed by atoms with Gasteiger partial charge in [0.15, 0.2) is 0 Å². The number of nitrogens with one attached hydrogen (secondary N) is 2. The van der Waals surface area contributed by atoms with Crippen LogP contribution in [0, 0.1) is 12.7 Å². The first kappa shape index (κ1) is 25.8. The molecule has 0 spiro atoms. The summed E-state index contributed by atoms with van der Waals surface area (Å²) in [6.07, 6.45) is 5.55. The molecule has 0 saturated heterocycles. The van der Waals surface area contributed by atoms with E-state index in [1.807, 2.05) is 19.1 Å². The van der Waals surface area contributed by atoms with E-state index in [1.54, 1.807) is 54.9 Å². The maximum Gasteiger partial charge on any atom is 0.252 e. The van der Waals surface area contributed by atoms with Gasteiger partial charge < -0.3 is 15.0 Å². The molecule has 2 heterocycles. The molecule has 0 fully saturated rings. The molecule has 4 rings (SSSR count). The molecule has 0 aliphatic heterocycles. The molecule has 0 aliphatic carbocycles. The van der Waals surface area contributed by atoms with Crippen molar-refractivity contribution >= 4 is 11.7 Å². The van der Waals surface area contributed by atoms with Crippen LogP contribution in [0.25, 0.3) is 11.4 Å². The number of carbonyl (C=O) groups excluding carboxylic acids is 2. The third kappa shape index (κ3) is 7.13. The molecule has 7 heteroatoms. The predicted molar refractivity (Wildman–Crippen MR) is 141 cm³/mol. The van der Waals surface area contributed by atoms with Crippen molar-refractivity contribution < 1.29 is 18.7 Å². The minimum atomic E-state index is -0.356. The van der Waals surface area contributed by atoms with E-state index < -0.39 is 0 Å². The average Bonchev–Trinajstić information content (AvgIpc) is 3.38. The van der Waals surface area contributed by atoms with E-state index in [9.17, 15) is 14.0 Å². The molecule has 0 bridgehead atoms. The summed E-state index contributed by atoms with van der Waals surface area (Å²) in [5, 5.41) is 2.90. The van der Waals surface area contributed by atoms with Gasteiger partial charge in [0, 0.05) is 37.8 Å². The van der Waals surface area contributed by atoms with Crippen molar-refractivity contribution in [3.63, 3.8) is 0 Å². The highest BCUT2D eigenvalue weighted by Gasteiger charge is 2.12. The number of nitrogens with zero attached hydrogens (tertiary/aromatic N) is 1. The summed E-state index contributed by atoms with van der Waals surface area (Å²) >= 11 is 0. The first-order valence-electron chi connectivity index (χ1n) is 12.4. The van der Waals surface area contributed by atoms with E-state index in [-0.39, 0.29) is 30.3 Å². The monoisotopic (exact) mass is 499 g/mol. The fraction of sp³-hybridized carbons (Fsp3) is 0.233. The van der Waals surface area contributed by atoms with Gasteiger partial charge >= 0.3 is 0 Å². The molecule has 0 unspecified atom stereocenters. The molecule has 0 atom stereocenters. The molecule has 4 aromatic rings. The number of pyridine rings is 1. The van der Waals surface area contributed by atoms with E-state index in [2.05, 4.69) is 22.2 Å². The van der Waals surface area contributed by atoms with Gasteiger partial charge in [0.2, 0.25) is 0 Å². The molecule has 6 nitrogen and oxygen atoms in total. The molecular formula is C30H30FN3O3. The van der Waals surface area contributed by atoms with Crippen molar-refractivity contribution in [3.8, 4) is 22.9 Å². The van der Waals surface area contributed by atoms with Crippen LogP contribution >= 0.6 is 0 Å². The summed E-state index contributed by atoms with van der Waals surface area (Å²) in [5.74, 6) is 0.672. The fourth-order valence-electron chi connectivity index (χ4n) is 3.93. The second-order valence-corrected chi connectivity index (χ2v) is 9.02. The SMILES string of the molecule is CCCCNC(=O)c1c[nH]c(-c2cc(Oc3ccc(CC(=O)Cc4cc(C)ccc4F)cc3)ccn2)c1. The summed E-state index contributed by atoms with van der Waals surface area (Å²) in [6.45, 7) is 4.60. The first-order valence-corrected chi connectivity index (χ1v) is 12.4. The molecule has 37 heavy (non-hydrogen) atoms. The van der Waals surface area contributed by atoms with E-state index in [0.29, 0.717) is 40.6 Å². The molecular weight excluding hydrogens is 469 g/mol. The van der Waals surface area contributed by atoms with E-state index in [4.69, 9.17) is 4.74 Å². The lowest BCUT2D eigenvalue weighted by Gasteiger charge is -2.08. The number of aromatic nitrogens is 2. The standard InChI is InChI=1S/C30H30FN3O3/c1-3-4-12-33-30(36)23-17-28(34-19-23)29-18-26(11-13-32-29)37-25-8-6-21(7-9-25)15-24(35)16-22-14-20(2)5-10-27(22)31/h5-11,13-14,17-19,34H,3-4,12,15-16H2,1-2H3,(H,33,36). The topological polar surface area (TPSA) is 84.1 Å². The number of halogens is 1. The van der Waals surface area contributed by atoms with Gasteiger partial charge in [-0.1, -0.05) is 43.2 Å². The third-order valence-corrected chi connectivity index (χ3v) is 5.92. The highest BCUT2D eigenvalue weighted by molar-refractivity contribution is 5.95. The zero-order valence-electron chi connectivity index (χ0n) is 21.0. The van der Waals surface area contributed by atoms with Crippen LogP contribution in [0.5, 0.6) is 11.5 Å². The maximum atomic E-state index is 14.0. The van der Waals surface area contributed by atoms with Crippen LogP contribution in [0.1, 0.15) is 46.8 Å². The van der Waals surface area contributed by atoms with Crippen LogP contribution in [-0.4, -0.2) is 28.2 Å². The Morgan fingerprint density at radius 1 is 1.00 bits per heavy atom. The molecule has 190 valence electrons. The minimum absolute atomic E-state index is 0.0543. The Hall–Kier alpha value is -4.26. The van der Waals surface area contributed by atoms with E-state index in [0.717, 1.165) is 24.0 Å². The van der Waals surface area contributed by atoms with Crippen molar-refractivity contribution in [3.05, 3.63) is 101 Å². The highest BCUT2D eigenvalue weighted by Crippen LogP contribution is 2.26. The number of aromatic amines is 1. The number of hydrogen-bond acceptors (Lipinski definition) is 4. The summed E-state index contributed by atoms with van der Waals surface area (Å²) < 4.78 is 19.9. The van der Waals surface area contributed by atoms with Gasteiger partial charge in [0.1, 0.15) is 23.1 Å². The summed E-state index contributed by atoms with van der Waals surface area (Å²) in [4.78, 5) is 32.2. The number of carbonyl (C=O) groups is 2. The molecule has 0 saturated carbocycles. The Morgan fingerprint density at radius 2 is 1.81 bits per heavy atom. The van der Waals surface area contributed by atoms with Crippen LogP contribution in [0.15, 0.2) is 73.1 Å². The van der Waals surface area contributed by atoms with Gasteiger partial charge in [-0.2, -0.15) is 0 Å². The van der Waals surface area contributed by atoms with Gasteiger partial charge in [-0.3, -0.25) is 14.6 Å². The van der Waals surface area contributed by atoms with Gasteiger partial charge in [0.25, 0.3) is 5.91 Å². The number of ether oxygens (including phenoxy) is 1. The van der Waals surface area contributed by atoms with Crippen molar-refractivity contribution in [1.29, 1.82) is 0 Å². The number of aryl methyl sites for hydroxylation is 1. The first-order chi connectivity index (χ1) is 17.9. The minimum Gasteiger partial charge on any atom is -0.457 e. The Bertz CT molecular complexity index is 1380. The number of H-pyrrole nitrogens is 1. The number of rotatable bonds is 11. The quantitative estimate of drug-likeness (QED) is 0.241. The smallest absolute Gasteiger partial charge is 0.252 e. The lowest BCUT2D eigenvalue weighted by atomic mass is 10.0. The number of amides is 1. The van der Waals surface area contributed by atoms with Crippen molar-refractivity contribution in [2.75, 3.05) is 6.54 Å². The largest absolute Gasteiger partial charge is 0.457 e. The third-order valence-electron chi connectivity index (χ3n) is 5.92. The lowest BCUT2D eigenvalue weighted by Crippen LogP contribution is -2.23. The van der Waals surface area contributed by atoms with Crippen LogP contribution in [0.4, 0.5) is 4.39 Å². The molecule has 2 aromatic carbocycles. The Morgan fingerprint density at radius 3 is 2.59 bits per heavy atom. The Labute approximate surface area is 215 Å². The van der Waals surface area contributed by atoms with E-state index in [1.165, 1.54) is 6.07 Å². The number of ketones is 1. The highest BCUT2D eigenvalue weighted by atomic mass is 19.1. The molecule has 2 N–H and O–H groups in total. The second-order valence-electron chi connectivity index (χ2n) is 9.02. The normalized spacial score (nSPS) is 10.8. The molecule has 0 aliphatic rings. The molecule has 0 radical (unpaired) electrons. The Kier molecular flexibility index (Phi) is 8.46. The van der Waals surface area contributed by atoms with Crippen molar-refractivity contribution in [1.82, 2.24) is 15.3 Å². The lowest BCUT2D eigenvalue weighted by molar-refractivity contribution is -0.117. The van der Waals surface area contributed by atoms with Gasteiger partial charge in [-0.25, -0.2) is 4.39 Å². The van der Waals surface area contributed by atoms with Crippen LogP contribution < -0.4 is 10.1 Å². The summed E-state index contributed by atoms with van der Waals surface area (Å²) in [7, 11) is 0. The Balaban J connectivity index is 1.36. The van der Waals surface area contributed by atoms with E-state index >= 15 is 0 Å². The van der Waals surface area contributed by atoms with Crippen LogP contribution in [0.3, 0.4) is 0 Å². The summed E-state index contributed by atoms with van der Waals surface area (Å²) in [6, 6.07) is 17.4. The maximum absolute atomic E-state index is 14.0. The molecule has 2 aromatic heterocycles. The average molecular weight is 500 g/mol. The van der Waals surface area contributed by atoms with Gasteiger partial charge in [0.05, 0.1) is 17.0 Å². The molecule has 1 amide bonds. The van der Waals surface area contributed by atoms with Gasteiger partial charge in [-0.05, 0) is 54.8 Å². The fourth-order valence-corrected chi connectivity index (χ4v) is 3.93. The summed E-state index contributed by atoms with van der Waals surface area (Å²) in [5.41, 5.74) is 4.09. The zero-order valence-corrected chi connectivity index (χ0v) is 21.0. The predicted octanol–water partition coefficient (Wildman–Crippen LogP) is 6.20.